The molecule has 14 heavy (non-hydrogen) atoms. The first-order chi connectivity index (χ1) is 6.63. The van der Waals surface area contributed by atoms with Crippen LogP contribution in [0.5, 0.6) is 0 Å². The van der Waals surface area contributed by atoms with Crippen LogP contribution in [-0.2, 0) is 0 Å². The average Bonchev–Trinajstić information content (AvgIpc) is 2.16. The molecule has 76 valence electrons. The number of nitrogens with one attached hydrogen (secondary N) is 1. The smallest absolute Gasteiger partial charge is 0.162 e. The first-order valence-corrected chi connectivity index (χ1v) is 4.89. The van der Waals surface area contributed by atoms with Crippen molar-refractivity contribution < 1.29 is 4.79 Å². The van der Waals surface area contributed by atoms with Gasteiger partial charge in [-0.2, -0.15) is 0 Å². The Morgan fingerprint density at radius 2 is 2.29 bits per heavy atom. The highest BCUT2D eigenvalue weighted by Gasteiger charge is 2.04. The number of Topliss-reactive ketones (excluding diaryl/α,β-unsaturated/α-hetero) is 1. The normalized spacial score (nSPS) is 10.3. The highest BCUT2D eigenvalue weighted by atomic mass is 16.1. The van der Waals surface area contributed by atoms with Crippen LogP contribution in [-0.4, -0.2) is 16.8 Å². The van der Waals surface area contributed by atoms with Crippen molar-refractivity contribution in [2.24, 2.45) is 0 Å². The fourth-order valence-corrected chi connectivity index (χ4v) is 1.18. The maximum atomic E-state index is 11.4. The summed E-state index contributed by atoms with van der Waals surface area (Å²) in [6, 6.07) is 3.87. The predicted molar refractivity (Wildman–Crippen MR) is 57.6 cm³/mol. The fourth-order valence-electron chi connectivity index (χ4n) is 1.18. The van der Waals surface area contributed by atoms with Gasteiger partial charge in [0.15, 0.2) is 5.78 Å². The van der Waals surface area contributed by atoms with E-state index in [-0.39, 0.29) is 5.78 Å². The number of anilines is 1. The number of hydrogen-bond donors (Lipinski definition) is 1. The maximum absolute atomic E-state index is 11.4. The van der Waals surface area contributed by atoms with Crippen LogP contribution in [0.4, 0.5) is 5.82 Å². The Balaban J connectivity index is 2.84. The molecule has 0 atom stereocenters. The van der Waals surface area contributed by atoms with Gasteiger partial charge < -0.3 is 5.32 Å². The van der Waals surface area contributed by atoms with Crippen LogP contribution >= 0.6 is 0 Å². The Bertz CT molecular complexity index is 321. The molecule has 3 heteroatoms. The predicted octanol–water partition coefficient (Wildman–Crippen LogP) is 2.49. The topological polar surface area (TPSA) is 42.0 Å². The molecule has 0 bridgehead atoms. The lowest BCUT2D eigenvalue weighted by Crippen LogP contribution is -2.11. The van der Waals surface area contributed by atoms with E-state index in [4.69, 9.17) is 0 Å². The van der Waals surface area contributed by atoms with Gasteiger partial charge in [0.2, 0.25) is 0 Å². The lowest BCUT2D eigenvalue weighted by atomic mass is 10.1. The molecule has 1 heterocycles. The van der Waals surface area contributed by atoms with E-state index in [2.05, 4.69) is 10.3 Å². The Morgan fingerprint density at radius 1 is 1.57 bits per heavy atom. The number of rotatable bonds is 4. The van der Waals surface area contributed by atoms with Gasteiger partial charge in [0.05, 0.1) is 0 Å². The summed E-state index contributed by atoms with van der Waals surface area (Å²) in [6.45, 7) is 5.93. The summed E-state index contributed by atoms with van der Waals surface area (Å²) in [4.78, 5) is 15.5. The standard InChI is InChI=1S/C11H16N2O/c1-4-10(14)9-5-6-12-11(7-9)13-8(2)3/h5-8H,4H2,1-3H3,(H,12,13). The van der Waals surface area contributed by atoms with E-state index in [1.807, 2.05) is 20.8 Å². The van der Waals surface area contributed by atoms with Crippen molar-refractivity contribution >= 4 is 11.6 Å². The Kier molecular flexibility index (Phi) is 3.63. The minimum absolute atomic E-state index is 0.152. The van der Waals surface area contributed by atoms with E-state index < -0.39 is 0 Å². The zero-order valence-electron chi connectivity index (χ0n) is 8.87. The number of ketones is 1. The van der Waals surface area contributed by atoms with Crippen molar-refractivity contribution in [2.75, 3.05) is 5.32 Å². The lowest BCUT2D eigenvalue weighted by Gasteiger charge is -2.09. The van der Waals surface area contributed by atoms with E-state index in [0.29, 0.717) is 12.5 Å². The SMILES string of the molecule is CCC(=O)c1ccnc(NC(C)C)c1. The molecule has 1 rings (SSSR count). The van der Waals surface area contributed by atoms with Gasteiger partial charge in [-0.3, -0.25) is 4.79 Å². The molecule has 0 aliphatic rings. The van der Waals surface area contributed by atoms with Crippen LogP contribution in [0.25, 0.3) is 0 Å². The van der Waals surface area contributed by atoms with Crippen molar-refractivity contribution in [3.63, 3.8) is 0 Å². The molecule has 3 nitrogen and oxygen atoms in total. The third-order valence-electron chi connectivity index (χ3n) is 1.84. The van der Waals surface area contributed by atoms with Gasteiger partial charge in [-0.1, -0.05) is 6.92 Å². The highest BCUT2D eigenvalue weighted by molar-refractivity contribution is 5.96. The summed E-state index contributed by atoms with van der Waals surface area (Å²) in [5, 5.41) is 3.16. The van der Waals surface area contributed by atoms with Crippen LogP contribution in [0, 0.1) is 0 Å². The minimum Gasteiger partial charge on any atom is -0.368 e. The van der Waals surface area contributed by atoms with Crippen molar-refractivity contribution in [2.45, 2.75) is 33.2 Å². The van der Waals surface area contributed by atoms with Gasteiger partial charge in [-0.25, -0.2) is 4.98 Å². The van der Waals surface area contributed by atoms with Gasteiger partial charge in [0.25, 0.3) is 0 Å². The van der Waals surface area contributed by atoms with E-state index in [1.54, 1.807) is 18.3 Å². The van der Waals surface area contributed by atoms with Crippen molar-refractivity contribution in [3.8, 4) is 0 Å². The van der Waals surface area contributed by atoms with Crippen LogP contribution in [0.3, 0.4) is 0 Å². The number of hydrogen-bond acceptors (Lipinski definition) is 3. The second-order valence-electron chi connectivity index (χ2n) is 3.51. The molecule has 1 aromatic rings. The fraction of sp³-hybridized carbons (Fsp3) is 0.455. The monoisotopic (exact) mass is 192 g/mol. The Morgan fingerprint density at radius 3 is 2.86 bits per heavy atom. The number of nitrogens with zero attached hydrogens (tertiary/aromatic N) is 1. The zero-order valence-corrected chi connectivity index (χ0v) is 8.87. The summed E-state index contributed by atoms with van der Waals surface area (Å²) in [6.07, 6.45) is 2.19. The van der Waals surface area contributed by atoms with E-state index >= 15 is 0 Å². The second-order valence-corrected chi connectivity index (χ2v) is 3.51. The number of aromatic nitrogens is 1. The zero-order chi connectivity index (χ0) is 10.6. The van der Waals surface area contributed by atoms with E-state index in [0.717, 1.165) is 11.4 Å². The largest absolute Gasteiger partial charge is 0.368 e. The first kappa shape index (κ1) is 10.7. The molecule has 0 aromatic carbocycles. The van der Waals surface area contributed by atoms with E-state index in [1.165, 1.54) is 0 Å². The van der Waals surface area contributed by atoms with Crippen LogP contribution in [0.1, 0.15) is 37.6 Å². The lowest BCUT2D eigenvalue weighted by molar-refractivity contribution is 0.0988. The maximum Gasteiger partial charge on any atom is 0.162 e. The molecule has 0 unspecified atom stereocenters. The van der Waals surface area contributed by atoms with Crippen LogP contribution in [0.2, 0.25) is 0 Å². The van der Waals surface area contributed by atoms with Crippen molar-refractivity contribution in [1.82, 2.24) is 4.98 Å². The molecule has 0 aliphatic carbocycles. The molecule has 0 fully saturated rings. The summed E-state index contributed by atoms with van der Waals surface area (Å²) in [5.74, 6) is 0.915. The van der Waals surface area contributed by atoms with Gasteiger partial charge in [-0.15, -0.1) is 0 Å². The molecule has 0 saturated heterocycles. The summed E-state index contributed by atoms with van der Waals surface area (Å²) in [7, 11) is 0. The molecular weight excluding hydrogens is 176 g/mol. The average molecular weight is 192 g/mol. The van der Waals surface area contributed by atoms with E-state index in [9.17, 15) is 4.79 Å². The molecule has 0 amide bonds. The van der Waals surface area contributed by atoms with Gasteiger partial charge in [-0.05, 0) is 26.0 Å². The quantitative estimate of drug-likeness (QED) is 0.745. The van der Waals surface area contributed by atoms with Crippen molar-refractivity contribution in [3.05, 3.63) is 23.9 Å². The molecule has 0 saturated carbocycles. The highest BCUT2D eigenvalue weighted by Crippen LogP contribution is 2.09. The molecule has 1 aromatic heterocycles. The molecule has 0 radical (unpaired) electrons. The summed E-state index contributed by atoms with van der Waals surface area (Å²) in [5.41, 5.74) is 0.727. The molecule has 0 spiro atoms. The Hall–Kier alpha value is -1.38. The summed E-state index contributed by atoms with van der Waals surface area (Å²) < 4.78 is 0. The summed E-state index contributed by atoms with van der Waals surface area (Å²) >= 11 is 0. The third kappa shape index (κ3) is 2.83. The molecule has 1 N–H and O–H groups in total. The third-order valence-corrected chi connectivity index (χ3v) is 1.84. The van der Waals surface area contributed by atoms with Crippen LogP contribution < -0.4 is 5.32 Å². The molecular formula is C11H16N2O. The van der Waals surface area contributed by atoms with Gasteiger partial charge in [0, 0.05) is 24.2 Å². The second kappa shape index (κ2) is 4.74. The Labute approximate surface area is 84.6 Å². The minimum atomic E-state index is 0.152. The van der Waals surface area contributed by atoms with Gasteiger partial charge in [0.1, 0.15) is 5.82 Å². The van der Waals surface area contributed by atoms with Crippen molar-refractivity contribution in [1.29, 1.82) is 0 Å². The number of pyridine rings is 1. The van der Waals surface area contributed by atoms with Crippen LogP contribution in [0.15, 0.2) is 18.3 Å². The molecule has 0 aliphatic heterocycles. The first-order valence-electron chi connectivity index (χ1n) is 4.89. The number of carbonyl (C=O) groups is 1. The van der Waals surface area contributed by atoms with Gasteiger partial charge >= 0.3 is 0 Å². The number of carbonyl (C=O) groups excluding carboxylic acids is 1.